The summed E-state index contributed by atoms with van der Waals surface area (Å²) in [6.07, 6.45) is 1.29. The lowest BCUT2D eigenvalue weighted by atomic mass is 10.2. The zero-order valence-corrected chi connectivity index (χ0v) is 11.9. The fraction of sp³-hybridized carbons (Fsp3) is 0.667. The smallest absolute Gasteiger partial charge is 0.351 e. The van der Waals surface area contributed by atoms with E-state index in [1.54, 1.807) is 31.1 Å². The van der Waals surface area contributed by atoms with Crippen molar-refractivity contribution in [2.75, 3.05) is 31.8 Å². The minimum atomic E-state index is -0.390. The van der Waals surface area contributed by atoms with Gasteiger partial charge in [-0.1, -0.05) is 0 Å². The molecule has 7 nitrogen and oxygen atoms in total. The molecule has 0 saturated carbocycles. The number of anilines is 1. The number of nitrogens with zero attached hydrogens (tertiary/aromatic N) is 2. The van der Waals surface area contributed by atoms with Gasteiger partial charge in [0.05, 0.1) is 24.6 Å². The maximum absolute atomic E-state index is 11.9. The zero-order chi connectivity index (χ0) is 14.1. The number of hydrogen-bond donors (Lipinski definition) is 1. The summed E-state index contributed by atoms with van der Waals surface area (Å²) < 4.78 is 18.2. The normalized spacial score (nSPS) is 31.9. The molecule has 3 heterocycles. The first-order chi connectivity index (χ1) is 9.70. The van der Waals surface area contributed by atoms with Crippen LogP contribution in [0.3, 0.4) is 0 Å². The van der Waals surface area contributed by atoms with Gasteiger partial charge in [0.25, 0.3) is 0 Å². The molecule has 0 amide bonds. The summed E-state index contributed by atoms with van der Waals surface area (Å²) in [5, 5.41) is 0.0972. The lowest BCUT2D eigenvalue weighted by Gasteiger charge is -2.23. The largest absolute Gasteiger partial charge is 0.383 e. The van der Waals surface area contributed by atoms with E-state index in [9.17, 15) is 4.79 Å². The van der Waals surface area contributed by atoms with Crippen molar-refractivity contribution in [3.8, 4) is 0 Å². The fourth-order valence-electron chi connectivity index (χ4n) is 2.54. The highest BCUT2D eigenvalue weighted by Gasteiger charge is 2.52. The van der Waals surface area contributed by atoms with Crippen LogP contribution in [0.25, 0.3) is 0 Å². The Morgan fingerprint density at radius 3 is 3.20 bits per heavy atom. The second kappa shape index (κ2) is 5.72. The number of nitrogens with two attached hydrogens (primary N) is 1. The summed E-state index contributed by atoms with van der Waals surface area (Å²) in [6.45, 7) is 1.08. The van der Waals surface area contributed by atoms with Crippen LogP contribution in [0.2, 0.25) is 0 Å². The molecule has 0 radical (unpaired) electrons. The van der Waals surface area contributed by atoms with Gasteiger partial charge in [-0.15, -0.1) is 11.8 Å². The van der Waals surface area contributed by atoms with Gasteiger partial charge in [-0.25, -0.2) is 4.79 Å². The van der Waals surface area contributed by atoms with Crippen molar-refractivity contribution < 1.29 is 14.2 Å². The van der Waals surface area contributed by atoms with Gasteiger partial charge in [0, 0.05) is 19.1 Å². The molecule has 0 aromatic carbocycles. The van der Waals surface area contributed by atoms with E-state index in [1.165, 1.54) is 4.57 Å². The van der Waals surface area contributed by atoms with Crippen molar-refractivity contribution in [2.45, 2.75) is 23.7 Å². The van der Waals surface area contributed by atoms with E-state index in [0.717, 1.165) is 5.75 Å². The summed E-state index contributed by atoms with van der Waals surface area (Å²) >= 11 is 1.76. The topological polar surface area (TPSA) is 88.6 Å². The van der Waals surface area contributed by atoms with Crippen molar-refractivity contribution in [3.63, 3.8) is 0 Å². The van der Waals surface area contributed by atoms with Crippen LogP contribution < -0.4 is 11.4 Å². The first kappa shape index (κ1) is 13.9. The van der Waals surface area contributed by atoms with Crippen molar-refractivity contribution in [1.82, 2.24) is 9.55 Å². The van der Waals surface area contributed by atoms with Gasteiger partial charge in [0.2, 0.25) is 0 Å². The molecular weight excluding hydrogens is 282 g/mol. The Morgan fingerprint density at radius 1 is 1.60 bits per heavy atom. The van der Waals surface area contributed by atoms with E-state index in [-0.39, 0.29) is 29.5 Å². The van der Waals surface area contributed by atoms with E-state index in [2.05, 4.69) is 4.98 Å². The number of methoxy groups -OCH3 is 1. The minimum absolute atomic E-state index is 0.00963. The summed E-state index contributed by atoms with van der Waals surface area (Å²) in [7, 11) is 1.64. The Balaban J connectivity index is 1.75. The van der Waals surface area contributed by atoms with E-state index >= 15 is 0 Å². The Hall–Kier alpha value is -1.09. The molecule has 110 valence electrons. The molecule has 8 heteroatoms. The van der Waals surface area contributed by atoms with Crippen molar-refractivity contribution in [1.29, 1.82) is 0 Å². The number of fused-ring (bicyclic) bond motifs is 2. The third-order valence-electron chi connectivity index (χ3n) is 3.46. The van der Waals surface area contributed by atoms with Crippen LogP contribution in [0, 0.1) is 0 Å². The highest BCUT2D eigenvalue weighted by atomic mass is 32.2. The van der Waals surface area contributed by atoms with Crippen molar-refractivity contribution >= 4 is 17.6 Å². The third-order valence-corrected chi connectivity index (χ3v) is 4.87. The van der Waals surface area contributed by atoms with Crippen LogP contribution in [0.15, 0.2) is 17.1 Å². The summed E-state index contributed by atoms with van der Waals surface area (Å²) in [5.41, 5.74) is 5.11. The van der Waals surface area contributed by atoms with Gasteiger partial charge in [-0.2, -0.15) is 4.98 Å². The lowest BCUT2D eigenvalue weighted by Crippen LogP contribution is -2.33. The molecule has 0 spiro atoms. The standard InChI is InChI=1S/C12H17N3O4S/c1-17-4-5-18-9-7-6-20-10(9)11(19-7)15-3-2-8(13)14-12(15)16/h2-3,7,9-11H,4-6H2,1H3,(H2,13,14,16)/t7-,9-,10-,11+/m1/s1. The molecule has 2 saturated heterocycles. The first-order valence-electron chi connectivity index (χ1n) is 6.43. The number of aromatic nitrogens is 2. The molecule has 0 unspecified atom stereocenters. The Bertz CT molecular complexity index is 538. The monoisotopic (exact) mass is 299 g/mol. The van der Waals surface area contributed by atoms with E-state index in [1.807, 2.05) is 0 Å². The number of hydrogen-bond acceptors (Lipinski definition) is 7. The SMILES string of the molecule is COCCO[C@H]1[C@H]2SC[C@H]1O[C@@H]2n1ccc(N)nc1=O. The molecule has 4 atom stereocenters. The second-order valence-electron chi connectivity index (χ2n) is 4.73. The lowest BCUT2D eigenvalue weighted by molar-refractivity contribution is -0.0356. The van der Waals surface area contributed by atoms with Gasteiger partial charge in [-0.05, 0) is 6.07 Å². The van der Waals surface area contributed by atoms with Crippen LogP contribution in [0.5, 0.6) is 0 Å². The quantitative estimate of drug-likeness (QED) is 0.758. The number of nitrogen functional groups attached to an aromatic ring is 1. The Kier molecular flexibility index (Phi) is 3.97. The van der Waals surface area contributed by atoms with Crippen molar-refractivity contribution in [2.24, 2.45) is 0 Å². The first-order valence-corrected chi connectivity index (χ1v) is 7.48. The van der Waals surface area contributed by atoms with Crippen molar-refractivity contribution in [3.05, 3.63) is 22.7 Å². The summed E-state index contributed by atoms with van der Waals surface area (Å²) in [6, 6.07) is 1.60. The van der Waals surface area contributed by atoms with Crippen LogP contribution >= 0.6 is 11.8 Å². The Labute approximate surface area is 120 Å². The fourth-order valence-corrected chi connectivity index (χ4v) is 4.02. The molecule has 0 aliphatic carbocycles. The van der Waals surface area contributed by atoms with Crippen LogP contribution in [-0.4, -0.2) is 53.1 Å². The second-order valence-corrected chi connectivity index (χ2v) is 5.94. The minimum Gasteiger partial charge on any atom is -0.383 e. The van der Waals surface area contributed by atoms with Gasteiger partial charge >= 0.3 is 5.69 Å². The summed E-state index contributed by atoms with van der Waals surface area (Å²) in [4.78, 5) is 15.6. The number of thioether (sulfide) groups is 1. The average Bonchev–Trinajstić information content (AvgIpc) is 2.96. The molecule has 20 heavy (non-hydrogen) atoms. The molecule has 2 bridgehead atoms. The molecule has 2 fully saturated rings. The van der Waals surface area contributed by atoms with Gasteiger partial charge in [0.1, 0.15) is 11.9 Å². The predicted molar refractivity (Wildman–Crippen MR) is 74.7 cm³/mol. The number of ether oxygens (including phenoxy) is 3. The zero-order valence-electron chi connectivity index (χ0n) is 11.1. The van der Waals surface area contributed by atoms with Crippen LogP contribution in [-0.2, 0) is 14.2 Å². The third kappa shape index (κ3) is 2.44. The molecule has 2 aliphatic heterocycles. The molecule has 3 rings (SSSR count). The van der Waals surface area contributed by atoms with Gasteiger partial charge < -0.3 is 19.9 Å². The molecule has 2 N–H and O–H groups in total. The maximum Gasteiger partial charge on any atom is 0.351 e. The average molecular weight is 299 g/mol. The molecule has 2 aliphatic rings. The van der Waals surface area contributed by atoms with Gasteiger partial charge in [0.15, 0.2) is 6.23 Å². The molecule has 1 aromatic rings. The Morgan fingerprint density at radius 2 is 2.45 bits per heavy atom. The number of rotatable bonds is 5. The van der Waals surface area contributed by atoms with E-state index < -0.39 is 5.69 Å². The van der Waals surface area contributed by atoms with Crippen LogP contribution in [0.1, 0.15) is 6.23 Å². The highest BCUT2D eigenvalue weighted by Crippen LogP contribution is 2.46. The highest BCUT2D eigenvalue weighted by molar-refractivity contribution is 8.00. The van der Waals surface area contributed by atoms with E-state index in [0.29, 0.717) is 13.2 Å². The van der Waals surface area contributed by atoms with E-state index in [4.69, 9.17) is 19.9 Å². The van der Waals surface area contributed by atoms with Gasteiger partial charge in [-0.3, -0.25) is 4.57 Å². The maximum atomic E-state index is 11.9. The van der Waals surface area contributed by atoms with Crippen LogP contribution in [0.4, 0.5) is 5.82 Å². The molecular formula is C12H17N3O4S. The summed E-state index contributed by atoms with van der Waals surface area (Å²) in [5.74, 6) is 1.10. The molecule has 1 aromatic heterocycles. The predicted octanol–water partition coefficient (Wildman–Crippen LogP) is -0.130.